The summed E-state index contributed by atoms with van der Waals surface area (Å²) in [5.74, 6) is -0.670. The predicted octanol–water partition coefficient (Wildman–Crippen LogP) is 3.66. The predicted molar refractivity (Wildman–Crippen MR) is 171 cm³/mol. The van der Waals surface area contributed by atoms with Crippen molar-refractivity contribution in [1.82, 2.24) is 20.1 Å². The summed E-state index contributed by atoms with van der Waals surface area (Å²) in [4.78, 5) is 49.4. The molecule has 0 atom stereocenters. The van der Waals surface area contributed by atoms with E-state index in [1.807, 2.05) is 48.2 Å². The molecule has 1 aliphatic rings. The van der Waals surface area contributed by atoms with Gasteiger partial charge in [-0.25, -0.2) is 9.79 Å². The number of aromatic hydroxyl groups is 1. The van der Waals surface area contributed by atoms with Crippen molar-refractivity contribution in [3.63, 3.8) is 0 Å². The highest BCUT2D eigenvalue weighted by Crippen LogP contribution is 2.33. The number of methoxy groups -OCH3 is 2. The number of carbonyl (C=O) groups is 3. The maximum atomic E-state index is 13.3. The summed E-state index contributed by atoms with van der Waals surface area (Å²) < 4.78 is 9.87. The maximum absolute atomic E-state index is 13.3. The van der Waals surface area contributed by atoms with Crippen molar-refractivity contribution in [2.45, 2.75) is 6.92 Å². The third-order valence-electron chi connectivity index (χ3n) is 7.82. The Kier molecular flexibility index (Phi) is 9.91. The van der Waals surface area contributed by atoms with Gasteiger partial charge in [0.15, 0.2) is 5.88 Å². The minimum absolute atomic E-state index is 0.0557. The number of amides is 2. The number of carbonyl (C=O) groups excluding carboxylic acids is 3. The molecule has 0 bridgehead atoms. The number of ether oxygens (including phenoxy) is 2. The van der Waals surface area contributed by atoms with Crippen molar-refractivity contribution in [3.05, 3.63) is 94.5 Å². The minimum atomic E-state index is -0.459. The summed E-state index contributed by atoms with van der Waals surface area (Å²) in [5.41, 5.74) is 4.65. The Bertz CT molecular complexity index is 1710. The fraction of sp³-hybridized carbons (Fsp3) is 0.294. The van der Waals surface area contributed by atoms with Gasteiger partial charge in [0.25, 0.3) is 5.91 Å². The number of fused-ring (bicyclic) bond motifs is 1. The van der Waals surface area contributed by atoms with E-state index in [2.05, 4.69) is 10.3 Å². The Labute approximate surface area is 261 Å². The molecule has 2 amide bonds. The summed E-state index contributed by atoms with van der Waals surface area (Å²) in [6.45, 7) is 5.33. The molecule has 234 valence electrons. The molecule has 4 aromatic rings. The third kappa shape index (κ3) is 7.22. The second kappa shape index (κ2) is 14.2. The molecule has 11 heteroatoms. The second-order valence-electron chi connectivity index (χ2n) is 10.8. The standard InChI is InChI=1S/C34H37N5O6/c1-22-19-27-28(20-26(22)34(43)45-3)37-32(41)30(27)31(23-7-5-4-6-8-23)36-25-11-9-24(10-12-25)33(42)39-16-14-38(15-17-39)21-29(40)35-13-18-44-2/h4-12,19-20,37,41H,13-18,21H2,1-3H3,(H,35,40). The van der Waals surface area contributed by atoms with Crippen molar-refractivity contribution < 1.29 is 29.0 Å². The van der Waals surface area contributed by atoms with E-state index in [0.717, 1.165) is 5.56 Å². The molecule has 1 saturated heterocycles. The molecule has 3 aromatic carbocycles. The average molecular weight is 612 g/mol. The Balaban J connectivity index is 1.36. The molecule has 3 N–H and O–H groups in total. The lowest BCUT2D eigenvalue weighted by molar-refractivity contribution is -0.122. The lowest BCUT2D eigenvalue weighted by atomic mass is 9.98. The Morgan fingerprint density at radius 1 is 0.956 bits per heavy atom. The van der Waals surface area contributed by atoms with E-state index >= 15 is 0 Å². The highest BCUT2D eigenvalue weighted by molar-refractivity contribution is 6.22. The molecular formula is C34H37N5O6. The van der Waals surface area contributed by atoms with Crippen LogP contribution in [0.4, 0.5) is 5.69 Å². The first-order valence-corrected chi connectivity index (χ1v) is 14.7. The van der Waals surface area contributed by atoms with Crippen LogP contribution in [0.5, 0.6) is 5.88 Å². The molecule has 1 aliphatic heterocycles. The fourth-order valence-corrected chi connectivity index (χ4v) is 5.42. The molecular weight excluding hydrogens is 574 g/mol. The van der Waals surface area contributed by atoms with Gasteiger partial charge in [-0.2, -0.15) is 0 Å². The summed E-state index contributed by atoms with van der Waals surface area (Å²) in [6, 6.07) is 20.1. The number of nitrogens with one attached hydrogen (secondary N) is 2. The first-order valence-electron chi connectivity index (χ1n) is 14.7. The summed E-state index contributed by atoms with van der Waals surface area (Å²) in [7, 11) is 2.92. The van der Waals surface area contributed by atoms with Crippen LogP contribution in [0, 0.1) is 6.92 Å². The molecule has 1 fully saturated rings. The number of aliphatic imine (C=N–C) groups is 1. The lowest BCUT2D eigenvalue weighted by Gasteiger charge is -2.34. The monoisotopic (exact) mass is 611 g/mol. The van der Waals surface area contributed by atoms with Gasteiger partial charge in [-0.15, -0.1) is 0 Å². The summed E-state index contributed by atoms with van der Waals surface area (Å²) in [6.07, 6.45) is 0. The van der Waals surface area contributed by atoms with Crippen molar-refractivity contribution in [1.29, 1.82) is 0 Å². The number of hydrogen-bond donors (Lipinski definition) is 3. The van der Waals surface area contributed by atoms with Gasteiger partial charge < -0.3 is 29.8 Å². The van der Waals surface area contributed by atoms with Crippen molar-refractivity contribution >= 4 is 40.1 Å². The van der Waals surface area contributed by atoms with Crippen LogP contribution in [-0.2, 0) is 14.3 Å². The zero-order valence-electron chi connectivity index (χ0n) is 25.6. The Morgan fingerprint density at radius 3 is 2.33 bits per heavy atom. The zero-order valence-corrected chi connectivity index (χ0v) is 25.6. The van der Waals surface area contributed by atoms with Crippen LogP contribution in [-0.4, -0.2) is 103 Å². The highest BCUT2D eigenvalue weighted by atomic mass is 16.5. The number of aromatic amines is 1. The lowest BCUT2D eigenvalue weighted by Crippen LogP contribution is -2.51. The van der Waals surface area contributed by atoms with E-state index in [1.165, 1.54) is 7.11 Å². The van der Waals surface area contributed by atoms with Crippen LogP contribution in [0.3, 0.4) is 0 Å². The summed E-state index contributed by atoms with van der Waals surface area (Å²) >= 11 is 0. The second-order valence-corrected chi connectivity index (χ2v) is 10.8. The molecule has 1 aromatic heterocycles. The number of nitrogens with zero attached hydrogens (tertiary/aromatic N) is 3. The van der Waals surface area contributed by atoms with Gasteiger partial charge in [-0.1, -0.05) is 30.3 Å². The highest BCUT2D eigenvalue weighted by Gasteiger charge is 2.24. The van der Waals surface area contributed by atoms with Crippen molar-refractivity contribution in [3.8, 4) is 5.88 Å². The first-order chi connectivity index (χ1) is 21.8. The molecule has 5 rings (SSSR count). The van der Waals surface area contributed by atoms with E-state index in [1.54, 1.807) is 42.3 Å². The van der Waals surface area contributed by atoms with Gasteiger partial charge in [0.05, 0.1) is 42.8 Å². The Morgan fingerprint density at radius 2 is 1.67 bits per heavy atom. The molecule has 11 nitrogen and oxygen atoms in total. The number of piperazine rings is 1. The van der Waals surface area contributed by atoms with E-state index in [-0.39, 0.29) is 17.7 Å². The van der Waals surface area contributed by atoms with Gasteiger partial charge in [-0.05, 0) is 48.9 Å². The average Bonchev–Trinajstić information content (AvgIpc) is 3.37. The van der Waals surface area contributed by atoms with Gasteiger partial charge in [0, 0.05) is 61.9 Å². The maximum Gasteiger partial charge on any atom is 0.338 e. The van der Waals surface area contributed by atoms with Crippen molar-refractivity contribution in [2.24, 2.45) is 4.99 Å². The number of aryl methyl sites for hydroxylation is 1. The zero-order chi connectivity index (χ0) is 31.9. The van der Waals surface area contributed by atoms with Crippen LogP contribution in [0.15, 0.2) is 71.7 Å². The van der Waals surface area contributed by atoms with Crippen LogP contribution < -0.4 is 5.32 Å². The number of rotatable bonds is 10. The fourth-order valence-electron chi connectivity index (χ4n) is 5.42. The molecule has 0 radical (unpaired) electrons. The molecule has 0 saturated carbocycles. The van der Waals surface area contributed by atoms with E-state index in [9.17, 15) is 19.5 Å². The minimum Gasteiger partial charge on any atom is -0.494 e. The summed E-state index contributed by atoms with van der Waals surface area (Å²) in [5, 5.41) is 14.6. The molecule has 45 heavy (non-hydrogen) atoms. The van der Waals surface area contributed by atoms with Gasteiger partial charge in [0.2, 0.25) is 5.91 Å². The van der Waals surface area contributed by atoms with Crippen LogP contribution in [0.2, 0.25) is 0 Å². The third-order valence-corrected chi connectivity index (χ3v) is 7.82. The molecule has 0 unspecified atom stereocenters. The molecule has 2 heterocycles. The number of esters is 1. The van der Waals surface area contributed by atoms with Crippen LogP contribution in [0.25, 0.3) is 10.9 Å². The first kappa shape index (κ1) is 31.4. The van der Waals surface area contributed by atoms with Gasteiger partial charge in [0.1, 0.15) is 0 Å². The smallest absolute Gasteiger partial charge is 0.338 e. The topological polar surface area (TPSA) is 137 Å². The number of aromatic nitrogens is 1. The van der Waals surface area contributed by atoms with Crippen LogP contribution in [0.1, 0.15) is 37.4 Å². The van der Waals surface area contributed by atoms with E-state index in [0.29, 0.717) is 90.4 Å². The largest absolute Gasteiger partial charge is 0.494 e. The number of H-pyrrole nitrogens is 1. The number of benzene rings is 3. The van der Waals surface area contributed by atoms with E-state index in [4.69, 9.17) is 14.5 Å². The van der Waals surface area contributed by atoms with Crippen molar-refractivity contribution in [2.75, 3.05) is 60.1 Å². The number of hydrogen-bond acceptors (Lipinski definition) is 8. The quantitative estimate of drug-likeness (QED) is 0.141. The van der Waals surface area contributed by atoms with E-state index < -0.39 is 5.97 Å². The Hall–Kier alpha value is -5.00. The van der Waals surface area contributed by atoms with Crippen LogP contribution >= 0.6 is 0 Å². The SMILES string of the molecule is COCCNC(=O)CN1CCN(C(=O)c2ccc(N=C(c3ccccc3)c3c(O)[nH]c4cc(C(=O)OC)c(C)cc34)cc2)CC1. The molecule has 0 aliphatic carbocycles. The molecule has 0 spiro atoms. The van der Waals surface area contributed by atoms with Gasteiger partial charge in [-0.3, -0.25) is 14.5 Å². The van der Waals surface area contributed by atoms with Gasteiger partial charge >= 0.3 is 5.97 Å². The normalized spacial score (nSPS) is 14.0.